The maximum Gasteiger partial charge on any atom is 0.437 e. The van der Waals surface area contributed by atoms with Gasteiger partial charge in [0.15, 0.2) is 11.5 Å². The van der Waals surface area contributed by atoms with Crippen LogP contribution < -0.4 is 24.8 Å². The van der Waals surface area contributed by atoms with Gasteiger partial charge >= 0.3 is 36.1 Å². The average Bonchev–Trinajstić information content (AvgIpc) is 3.30. The van der Waals surface area contributed by atoms with Gasteiger partial charge in [0.2, 0.25) is 5.96 Å². The normalized spacial score (nSPS) is 13.6. The van der Waals surface area contributed by atoms with Crippen LogP contribution in [0, 0.1) is 0 Å². The highest BCUT2D eigenvalue weighted by Crippen LogP contribution is 2.36. The van der Waals surface area contributed by atoms with Gasteiger partial charge in [0.25, 0.3) is 5.91 Å². The van der Waals surface area contributed by atoms with E-state index in [0.29, 0.717) is 16.8 Å². The highest BCUT2D eigenvalue weighted by Gasteiger charge is 2.39. The molecule has 0 aliphatic carbocycles. The lowest BCUT2D eigenvalue weighted by molar-refractivity contribution is -0.167. The molecule has 0 saturated heterocycles. The number of aryl methyl sites for hydroxylation is 1. The minimum absolute atomic E-state index is 0.0190. The first-order chi connectivity index (χ1) is 37.1. The van der Waals surface area contributed by atoms with Crippen LogP contribution in [0.25, 0.3) is 0 Å². The van der Waals surface area contributed by atoms with E-state index in [4.69, 9.17) is 37.9 Å². The summed E-state index contributed by atoms with van der Waals surface area (Å²) >= 11 is 0. The van der Waals surface area contributed by atoms with Crippen LogP contribution in [0.1, 0.15) is 144 Å². The van der Waals surface area contributed by atoms with Crippen molar-refractivity contribution in [1.29, 1.82) is 0 Å². The van der Waals surface area contributed by atoms with Crippen LogP contribution in [0.15, 0.2) is 89.9 Å². The maximum absolute atomic E-state index is 15.6. The fourth-order valence-electron chi connectivity index (χ4n) is 7.72. The molecule has 0 bridgehead atoms. The molecule has 1 aliphatic rings. The second-order valence-corrected chi connectivity index (χ2v) is 30.0. The Morgan fingerprint density at radius 1 is 0.738 bits per heavy atom. The Balaban J connectivity index is 1.59. The number of benzene rings is 4. The highest BCUT2D eigenvalue weighted by atomic mass is 28.3. The van der Waals surface area contributed by atoms with Gasteiger partial charge < -0.3 is 48.1 Å². The Morgan fingerprint density at radius 2 is 1.40 bits per heavy atom. The standard InChI is InChI=1S/C60H78N4O15Si/c1-57(2,3)76-48(65)35-46(53(69)77-58(4,5)6)64(36-39-31-41(51(67)73-29-30-80(13,14)15)34-43(32-39)74-37-38-21-17-16-18-22-38)50(66)45-24-19-25-47-49(45)72-28-20-23-40-33-42(26-27-44(40)52(68)75-47)61-54(62-55(70)78-59(7,8)9)63-56(71)79-60(10,11)12/h16-19,21-22,24-27,31-34,46H,20,23,28-30,35-37H2,1-15H3,(H2,61,62,63,70,71)/t46-/m0/s1. The lowest BCUT2D eigenvalue weighted by Gasteiger charge is -2.33. The number of nitrogens with zero attached hydrogens (tertiary/aromatic N) is 2. The van der Waals surface area contributed by atoms with Crippen LogP contribution in [-0.4, -0.2) is 103 Å². The SMILES string of the molecule is CC(C)(C)OC(=O)C[C@@H](C(=O)OC(C)(C)C)N(Cc1cc(OCc2ccccc2)cc(C(=O)OCC[Si](C)(C)C)c1)C(=O)c1cccc2c1OCCCc1cc(NC(=NC(=O)OC(C)(C)C)NC(=O)OC(C)(C)C)ccc1C(=O)O2. The van der Waals surface area contributed by atoms with Crippen molar-refractivity contribution in [2.24, 2.45) is 4.99 Å². The molecule has 0 saturated carbocycles. The fraction of sp³-hybridized carbons (Fsp3) is 0.467. The summed E-state index contributed by atoms with van der Waals surface area (Å²) in [5.74, 6) is -4.30. The molecule has 19 nitrogen and oxygen atoms in total. The fourth-order valence-corrected chi connectivity index (χ4v) is 8.43. The van der Waals surface area contributed by atoms with Gasteiger partial charge in [-0.1, -0.05) is 56.0 Å². The highest BCUT2D eigenvalue weighted by molar-refractivity contribution is 6.76. The number of carbonyl (C=O) groups is 7. The molecule has 0 unspecified atom stereocenters. The molecule has 4 aromatic carbocycles. The summed E-state index contributed by atoms with van der Waals surface area (Å²) in [5.41, 5.74) is -1.68. The van der Waals surface area contributed by atoms with Crippen LogP contribution in [0.2, 0.25) is 25.7 Å². The number of amides is 3. The Labute approximate surface area is 470 Å². The molecular formula is C60H78N4O15Si. The molecule has 432 valence electrons. The summed E-state index contributed by atoms with van der Waals surface area (Å²) in [6.07, 6.45) is -2.00. The Bertz CT molecular complexity index is 2920. The summed E-state index contributed by atoms with van der Waals surface area (Å²) in [6, 6.07) is 22.2. The van der Waals surface area contributed by atoms with Crippen LogP contribution >= 0.6 is 0 Å². The second-order valence-electron chi connectivity index (χ2n) is 24.4. The van der Waals surface area contributed by atoms with Crippen molar-refractivity contribution in [3.63, 3.8) is 0 Å². The van der Waals surface area contributed by atoms with Gasteiger partial charge in [0, 0.05) is 20.3 Å². The van der Waals surface area contributed by atoms with Gasteiger partial charge in [0.05, 0.1) is 36.3 Å². The number of aliphatic imine (C=N–C) groups is 1. The Hall–Kier alpha value is -7.74. The number of hydrogen-bond donors (Lipinski definition) is 2. The molecule has 1 heterocycles. The number of hydrogen-bond acceptors (Lipinski definition) is 15. The lowest BCUT2D eigenvalue weighted by atomic mass is 10.0. The number of ether oxygens (including phenoxy) is 8. The third-order valence-electron chi connectivity index (χ3n) is 11.0. The monoisotopic (exact) mass is 1120 g/mol. The van der Waals surface area contributed by atoms with E-state index in [2.05, 4.69) is 35.3 Å². The summed E-state index contributed by atoms with van der Waals surface area (Å²) in [5, 5.41) is 5.36. The van der Waals surface area contributed by atoms with Crippen molar-refractivity contribution in [1.82, 2.24) is 10.2 Å². The van der Waals surface area contributed by atoms with E-state index in [1.165, 1.54) is 36.4 Å². The van der Waals surface area contributed by atoms with E-state index in [1.54, 1.807) is 101 Å². The zero-order valence-corrected chi connectivity index (χ0v) is 49.8. The van der Waals surface area contributed by atoms with Gasteiger partial charge in [-0.05, 0) is 167 Å². The third kappa shape index (κ3) is 21.1. The number of guanidine groups is 1. The maximum atomic E-state index is 15.6. The molecule has 5 rings (SSSR count). The molecule has 4 aromatic rings. The summed E-state index contributed by atoms with van der Waals surface area (Å²) in [4.78, 5) is 103. The Kier molecular flexibility index (Phi) is 20.9. The summed E-state index contributed by atoms with van der Waals surface area (Å²) in [7, 11) is -1.60. The van der Waals surface area contributed by atoms with E-state index in [0.717, 1.165) is 16.5 Å². The molecule has 0 fully saturated rings. The minimum atomic E-state index is -1.63. The van der Waals surface area contributed by atoms with Crippen molar-refractivity contribution in [2.75, 3.05) is 18.5 Å². The van der Waals surface area contributed by atoms with Gasteiger partial charge in [-0.2, -0.15) is 0 Å². The molecule has 2 N–H and O–H groups in total. The third-order valence-corrected chi connectivity index (χ3v) is 12.7. The minimum Gasteiger partial charge on any atom is -0.489 e. The first-order valence-corrected chi connectivity index (χ1v) is 30.2. The van der Waals surface area contributed by atoms with Crippen molar-refractivity contribution < 1.29 is 71.5 Å². The molecule has 0 radical (unpaired) electrons. The van der Waals surface area contributed by atoms with Crippen molar-refractivity contribution in [3.05, 3.63) is 118 Å². The molecular weight excluding hydrogens is 1040 g/mol. The predicted molar refractivity (Wildman–Crippen MR) is 304 cm³/mol. The first-order valence-electron chi connectivity index (χ1n) is 26.5. The van der Waals surface area contributed by atoms with Crippen LogP contribution in [-0.2, 0) is 52.8 Å². The smallest absolute Gasteiger partial charge is 0.437 e. The van der Waals surface area contributed by atoms with Crippen LogP contribution in [0.3, 0.4) is 0 Å². The molecule has 1 atom stereocenters. The lowest BCUT2D eigenvalue weighted by Crippen LogP contribution is -2.48. The van der Waals surface area contributed by atoms with Crippen molar-refractivity contribution in [2.45, 2.75) is 170 Å². The van der Waals surface area contributed by atoms with E-state index in [-0.39, 0.29) is 72.6 Å². The number of fused-ring (bicyclic) bond motifs is 2. The Morgan fingerprint density at radius 3 is 2.04 bits per heavy atom. The zero-order chi connectivity index (χ0) is 59.4. The van der Waals surface area contributed by atoms with E-state index < -0.39 is 91.5 Å². The second kappa shape index (κ2) is 26.5. The average molecular weight is 1120 g/mol. The molecule has 20 heteroatoms. The van der Waals surface area contributed by atoms with E-state index in [1.807, 2.05) is 30.3 Å². The van der Waals surface area contributed by atoms with Crippen molar-refractivity contribution in [3.8, 4) is 17.2 Å². The molecule has 80 heavy (non-hydrogen) atoms. The number of carbonyl (C=O) groups excluding carboxylic acids is 7. The summed E-state index contributed by atoms with van der Waals surface area (Å²) in [6.45, 7) is 26.4. The van der Waals surface area contributed by atoms with Gasteiger partial charge in [-0.25, -0.2) is 24.0 Å². The molecule has 0 spiro atoms. The van der Waals surface area contributed by atoms with E-state index >= 15 is 4.79 Å². The van der Waals surface area contributed by atoms with E-state index in [9.17, 15) is 28.8 Å². The number of anilines is 1. The molecule has 1 aliphatic heterocycles. The van der Waals surface area contributed by atoms with Gasteiger partial charge in [0.1, 0.15) is 40.8 Å². The number of alkyl carbamates (subject to hydrolysis) is 1. The topological polar surface area (TPSA) is 233 Å². The van der Waals surface area contributed by atoms with Crippen LogP contribution in [0.4, 0.5) is 15.3 Å². The van der Waals surface area contributed by atoms with Crippen LogP contribution in [0.5, 0.6) is 17.2 Å². The van der Waals surface area contributed by atoms with Gasteiger partial charge in [-0.3, -0.25) is 14.9 Å². The summed E-state index contributed by atoms with van der Waals surface area (Å²) < 4.78 is 46.8. The number of para-hydroxylation sites is 1. The zero-order valence-electron chi connectivity index (χ0n) is 48.8. The quantitative estimate of drug-likeness (QED) is 0.0281. The van der Waals surface area contributed by atoms with Gasteiger partial charge in [-0.15, -0.1) is 4.99 Å². The predicted octanol–water partition coefficient (Wildman–Crippen LogP) is 11.6. The first kappa shape index (κ1) is 63.1. The number of nitrogens with one attached hydrogen (secondary N) is 2. The largest absolute Gasteiger partial charge is 0.489 e. The number of rotatable bonds is 15. The van der Waals surface area contributed by atoms with Crippen molar-refractivity contribution >= 4 is 61.7 Å². The molecule has 0 aromatic heterocycles. The number of esters is 4. The molecule has 3 amide bonds.